The predicted molar refractivity (Wildman–Crippen MR) is 84.1 cm³/mol. The van der Waals surface area contributed by atoms with Crippen LogP contribution in [-0.2, 0) is 25.7 Å². The molecule has 1 aliphatic rings. The minimum absolute atomic E-state index is 0.0252. The third kappa shape index (κ3) is 5.16. The molecule has 2 rings (SSSR count). The Hall–Kier alpha value is -1.68. The van der Waals surface area contributed by atoms with E-state index in [1.807, 2.05) is 0 Å². The zero-order valence-electron chi connectivity index (χ0n) is 14.1. The lowest BCUT2D eigenvalue weighted by molar-refractivity contribution is -0.143. The van der Waals surface area contributed by atoms with Gasteiger partial charge in [0.05, 0.1) is 18.6 Å². The number of carbonyl (C=O) groups is 1. The molecule has 0 amide bonds. The number of carbonyl (C=O) groups excluding carboxylic acids is 1. The lowest BCUT2D eigenvalue weighted by Crippen LogP contribution is -2.35. The smallest absolute Gasteiger partial charge is 0.416 e. The van der Waals surface area contributed by atoms with Crippen molar-refractivity contribution in [3.8, 4) is 0 Å². The molecular weight excluding hydrogens is 378 g/mol. The van der Waals surface area contributed by atoms with Gasteiger partial charge in [0.2, 0.25) is 10.0 Å². The summed E-state index contributed by atoms with van der Waals surface area (Å²) < 4.78 is 83.7. The van der Waals surface area contributed by atoms with Crippen molar-refractivity contribution in [3.05, 3.63) is 29.6 Å². The maximum Gasteiger partial charge on any atom is 0.416 e. The van der Waals surface area contributed by atoms with E-state index in [1.54, 1.807) is 6.92 Å². The highest BCUT2D eigenvalue weighted by molar-refractivity contribution is 7.89. The number of halogens is 4. The van der Waals surface area contributed by atoms with Crippen LogP contribution in [0, 0.1) is 11.7 Å². The number of hydrogen-bond donors (Lipinski definition) is 0. The van der Waals surface area contributed by atoms with Gasteiger partial charge in [0, 0.05) is 13.1 Å². The largest absolute Gasteiger partial charge is 0.466 e. The zero-order valence-corrected chi connectivity index (χ0v) is 14.9. The van der Waals surface area contributed by atoms with Crippen molar-refractivity contribution in [1.29, 1.82) is 0 Å². The minimum atomic E-state index is -4.80. The lowest BCUT2D eigenvalue weighted by Gasteiger charge is -2.22. The quantitative estimate of drug-likeness (QED) is 0.499. The van der Waals surface area contributed by atoms with E-state index in [-0.39, 0.29) is 38.1 Å². The minimum Gasteiger partial charge on any atom is -0.466 e. The first-order valence-electron chi connectivity index (χ1n) is 8.08. The molecule has 0 spiro atoms. The van der Waals surface area contributed by atoms with Crippen LogP contribution >= 0.6 is 0 Å². The first kappa shape index (κ1) is 20.6. The van der Waals surface area contributed by atoms with Crippen molar-refractivity contribution < 1.29 is 35.5 Å². The summed E-state index contributed by atoms with van der Waals surface area (Å²) >= 11 is 0. The van der Waals surface area contributed by atoms with Gasteiger partial charge in [-0.3, -0.25) is 4.79 Å². The Morgan fingerprint density at radius 2 is 1.96 bits per heavy atom. The fraction of sp³-hybridized carbons (Fsp3) is 0.562. The van der Waals surface area contributed by atoms with E-state index >= 15 is 0 Å². The molecule has 26 heavy (non-hydrogen) atoms. The molecule has 1 aliphatic carbocycles. The van der Waals surface area contributed by atoms with Gasteiger partial charge in [0.25, 0.3) is 0 Å². The Kier molecular flexibility index (Phi) is 6.28. The number of sulfonamides is 1. The molecule has 0 aliphatic heterocycles. The monoisotopic (exact) mass is 397 g/mol. The Morgan fingerprint density at radius 1 is 1.31 bits per heavy atom. The van der Waals surface area contributed by atoms with Gasteiger partial charge in [0.15, 0.2) is 0 Å². The van der Waals surface area contributed by atoms with Crippen LogP contribution in [0.4, 0.5) is 17.6 Å². The van der Waals surface area contributed by atoms with Crippen molar-refractivity contribution >= 4 is 16.0 Å². The van der Waals surface area contributed by atoms with E-state index in [0.717, 1.165) is 17.1 Å². The SMILES string of the molecule is CCOC(=O)CCN(CC1CC1)S(=O)(=O)c1cc(C(F)(F)F)ccc1F. The van der Waals surface area contributed by atoms with Crippen LogP contribution in [0.3, 0.4) is 0 Å². The molecule has 10 heteroatoms. The summed E-state index contributed by atoms with van der Waals surface area (Å²) in [7, 11) is -4.53. The van der Waals surface area contributed by atoms with Gasteiger partial charge in [-0.2, -0.15) is 17.5 Å². The third-order valence-corrected chi connectivity index (χ3v) is 5.79. The summed E-state index contributed by atoms with van der Waals surface area (Å²) in [4.78, 5) is 10.5. The predicted octanol–water partition coefficient (Wildman–Crippen LogP) is 3.20. The molecule has 1 aromatic rings. The zero-order chi connectivity index (χ0) is 19.5. The first-order chi connectivity index (χ1) is 12.1. The van der Waals surface area contributed by atoms with Crippen LogP contribution < -0.4 is 0 Å². The summed E-state index contributed by atoms with van der Waals surface area (Å²) in [5, 5.41) is 0. The Morgan fingerprint density at radius 3 is 2.50 bits per heavy atom. The van der Waals surface area contributed by atoms with Crippen LogP contribution in [0.15, 0.2) is 23.1 Å². The van der Waals surface area contributed by atoms with Crippen molar-refractivity contribution in [1.82, 2.24) is 4.31 Å². The van der Waals surface area contributed by atoms with Crippen LogP contribution in [0.1, 0.15) is 31.7 Å². The van der Waals surface area contributed by atoms with E-state index < -0.39 is 38.4 Å². The van der Waals surface area contributed by atoms with Gasteiger partial charge in [-0.1, -0.05) is 0 Å². The number of hydrogen-bond acceptors (Lipinski definition) is 4. The molecular formula is C16H19F4NO4S. The van der Waals surface area contributed by atoms with Crippen LogP contribution in [-0.4, -0.2) is 38.4 Å². The van der Waals surface area contributed by atoms with Crippen LogP contribution in [0.5, 0.6) is 0 Å². The van der Waals surface area contributed by atoms with E-state index in [9.17, 15) is 30.8 Å². The highest BCUT2D eigenvalue weighted by Gasteiger charge is 2.36. The second-order valence-electron chi connectivity index (χ2n) is 6.00. The molecule has 0 aromatic heterocycles. The van der Waals surface area contributed by atoms with Crippen LogP contribution in [0.2, 0.25) is 0 Å². The highest BCUT2D eigenvalue weighted by Crippen LogP contribution is 2.34. The van der Waals surface area contributed by atoms with Gasteiger partial charge in [-0.25, -0.2) is 12.8 Å². The standard InChI is InChI=1S/C16H19F4NO4S/c1-2-25-15(22)7-8-21(10-11-3-4-11)26(23,24)14-9-12(16(18,19)20)5-6-13(14)17/h5-6,9,11H,2-4,7-8,10H2,1H3. The Balaban J connectivity index is 2.31. The van der Waals surface area contributed by atoms with Gasteiger partial charge in [0.1, 0.15) is 10.7 Å². The molecule has 0 bridgehead atoms. The van der Waals surface area contributed by atoms with E-state index in [4.69, 9.17) is 4.74 Å². The molecule has 0 saturated heterocycles. The molecule has 1 fully saturated rings. The second-order valence-corrected chi connectivity index (χ2v) is 7.91. The number of benzene rings is 1. The average molecular weight is 397 g/mol. The number of alkyl halides is 3. The lowest BCUT2D eigenvalue weighted by atomic mass is 10.2. The molecule has 0 heterocycles. The van der Waals surface area contributed by atoms with E-state index in [1.165, 1.54) is 0 Å². The molecule has 146 valence electrons. The fourth-order valence-corrected chi connectivity index (χ4v) is 3.97. The second kappa shape index (κ2) is 7.91. The average Bonchev–Trinajstić information content (AvgIpc) is 3.34. The fourth-order valence-electron chi connectivity index (χ4n) is 2.36. The molecule has 0 unspecified atom stereocenters. The van der Waals surface area contributed by atoms with Crippen molar-refractivity contribution in [2.75, 3.05) is 19.7 Å². The highest BCUT2D eigenvalue weighted by atomic mass is 32.2. The summed E-state index contributed by atoms with van der Waals surface area (Å²) in [6, 6.07) is 1.25. The van der Waals surface area contributed by atoms with E-state index in [2.05, 4.69) is 0 Å². The first-order valence-corrected chi connectivity index (χ1v) is 9.52. The molecule has 0 N–H and O–H groups in total. The maximum absolute atomic E-state index is 14.0. The Labute approximate surface area is 149 Å². The number of esters is 1. The van der Waals surface area contributed by atoms with Gasteiger partial charge >= 0.3 is 12.1 Å². The van der Waals surface area contributed by atoms with Crippen molar-refractivity contribution in [2.24, 2.45) is 5.92 Å². The topological polar surface area (TPSA) is 63.7 Å². The van der Waals surface area contributed by atoms with E-state index in [0.29, 0.717) is 12.1 Å². The summed E-state index contributed by atoms with van der Waals surface area (Å²) in [5.74, 6) is -1.84. The molecule has 0 radical (unpaired) electrons. The molecule has 0 atom stereocenters. The summed E-state index contributed by atoms with van der Waals surface area (Å²) in [5.41, 5.74) is -1.26. The normalized spacial score (nSPS) is 15.3. The third-order valence-electron chi connectivity index (χ3n) is 3.91. The summed E-state index contributed by atoms with van der Waals surface area (Å²) in [6.07, 6.45) is -3.52. The van der Waals surface area contributed by atoms with Gasteiger partial charge in [-0.05, 0) is 43.9 Å². The molecule has 1 aromatic carbocycles. The molecule has 1 saturated carbocycles. The molecule has 5 nitrogen and oxygen atoms in total. The van der Waals surface area contributed by atoms with Crippen molar-refractivity contribution in [3.63, 3.8) is 0 Å². The van der Waals surface area contributed by atoms with Gasteiger partial charge in [-0.15, -0.1) is 0 Å². The summed E-state index contributed by atoms with van der Waals surface area (Å²) in [6.45, 7) is 1.45. The van der Waals surface area contributed by atoms with Crippen molar-refractivity contribution in [2.45, 2.75) is 37.3 Å². The number of ether oxygens (including phenoxy) is 1. The maximum atomic E-state index is 14.0. The number of nitrogens with zero attached hydrogens (tertiary/aromatic N) is 1. The van der Waals surface area contributed by atoms with Crippen LogP contribution in [0.25, 0.3) is 0 Å². The Bertz CT molecular complexity index is 760. The van der Waals surface area contributed by atoms with Gasteiger partial charge < -0.3 is 4.74 Å². The number of rotatable bonds is 8.